The van der Waals surface area contributed by atoms with Crippen molar-refractivity contribution in [2.45, 2.75) is 78.4 Å². The molecule has 38 heavy (non-hydrogen) atoms. The van der Waals surface area contributed by atoms with Gasteiger partial charge in [-0.25, -0.2) is 9.59 Å². The first-order chi connectivity index (χ1) is 17.9. The molecule has 0 aromatic heterocycles. The number of fused-ring (bicyclic) bond motifs is 5. The second-order valence-corrected chi connectivity index (χ2v) is 12.0. The maximum Gasteiger partial charge on any atom is 0.509 e. The smallest absolute Gasteiger partial charge is 0.435 e. The summed E-state index contributed by atoms with van der Waals surface area (Å²) in [4.78, 5) is 50.6. The van der Waals surface area contributed by atoms with Crippen LogP contribution in [-0.2, 0) is 28.5 Å². The minimum atomic E-state index is -1.63. The number of carbonyl (C=O) groups is 4. The number of rotatable bonds is 7. The van der Waals surface area contributed by atoms with Gasteiger partial charge in [0.05, 0.1) is 19.3 Å². The zero-order chi connectivity index (χ0) is 27.9. The maximum absolute atomic E-state index is 13.8. The van der Waals surface area contributed by atoms with E-state index in [-0.39, 0.29) is 55.5 Å². The summed E-state index contributed by atoms with van der Waals surface area (Å²) in [5.41, 5.74) is -1.97. The molecule has 4 rings (SSSR count). The highest BCUT2D eigenvalue weighted by Gasteiger charge is 2.70. The van der Waals surface area contributed by atoms with Crippen LogP contribution in [0.1, 0.15) is 66.7 Å². The normalized spacial score (nSPS) is 37.4. The number of Topliss-reactive ketones (excluding diaryl/α,β-unsaturated/α-hetero) is 1. The van der Waals surface area contributed by atoms with E-state index in [1.807, 2.05) is 26.8 Å². The molecule has 4 aliphatic carbocycles. The molecule has 9 nitrogen and oxygen atoms in total. The molecule has 4 aliphatic rings. The predicted octanol–water partition coefficient (Wildman–Crippen LogP) is 4.56. The van der Waals surface area contributed by atoms with Crippen molar-refractivity contribution in [1.82, 2.24) is 0 Å². The van der Waals surface area contributed by atoms with Crippen LogP contribution in [0.2, 0.25) is 0 Å². The summed E-state index contributed by atoms with van der Waals surface area (Å²) in [6.07, 6.45) is 5.00. The van der Waals surface area contributed by atoms with E-state index in [2.05, 4.69) is 6.92 Å². The molecule has 3 fully saturated rings. The van der Waals surface area contributed by atoms with Crippen LogP contribution in [-0.4, -0.2) is 60.5 Å². The number of allylic oxidation sites excluding steroid dienone is 4. The van der Waals surface area contributed by atoms with Crippen LogP contribution >= 0.6 is 0 Å². The number of hydrogen-bond donors (Lipinski definition) is 1. The van der Waals surface area contributed by atoms with Gasteiger partial charge in [-0.3, -0.25) is 9.59 Å². The Kier molecular flexibility index (Phi) is 7.81. The molecule has 0 aliphatic heterocycles. The van der Waals surface area contributed by atoms with Crippen LogP contribution in [0.4, 0.5) is 9.59 Å². The monoisotopic (exact) mass is 532 g/mol. The van der Waals surface area contributed by atoms with E-state index in [0.29, 0.717) is 6.42 Å². The Morgan fingerprint density at radius 3 is 2.53 bits per heavy atom. The van der Waals surface area contributed by atoms with Crippen LogP contribution < -0.4 is 0 Å². The van der Waals surface area contributed by atoms with Gasteiger partial charge >= 0.3 is 12.3 Å². The molecular weight excluding hydrogens is 492 g/mol. The molecule has 1 unspecified atom stereocenters. The highest BCUT2D eigenvalue weighted by atomic mass is 16.7. The fourth-order valence-corrected chi connectivity index (χ4v) is 7.80. The average Bonchev–Trinajstić information content (AvgIpc) is 3.13. The minimum absolute atomic E-state index is 0.0357. The lowest BCUT2D eigenvalue weighted by Gasteiger charge is -2.59. The van der Waals surface area contributed by atoms with Crippen molar-refractivity contribution < 1.29 is 43.2 Å². The lowest BCUT2D eigenvalue weighted by Crippen LogP contribution is -2.63. The number of aliphatic hydroxyl groups is 1. The Morgan fingerprint density at radius 1 is 1.11 bits per heavy atom. The van der Waals surface area contributed by atoms with Crippen molar-refractivity contribution in [2.24, 2.45) is 34.5 Å². The second kappa shape index (κ2) is 10.5. The Hall–Kier alpha value is -2.68. The third-order valence-corrected chi connectivity index (χ3v) is 9.44. The largest absolute Gasteiger partial charge is 0.509 e. The van der Waals surface area contributed by atoms with Gasteiger partial charge in [0.25, 0.3) is 0 Å². The van der Waals surface area contributed by atoms with Crippen LogP contribution in [0.25, 0.3) is 0 Å². The predicted molar refractivity (Wildman–Crippen MR) is 136 cm³/mol. The summed E-state index contributed by atoms with van der Waals surface area (Å²) < 4.78 is 21.1. The van der Waals surface area contributed by atoms with Gasteiger partial charge in [0.15, 0.2) is 18.0 Å². The van der Waals surface area contributed by atoms with Crippen molar-refractivity contribution in [3.05, 3.63) is 23.8 Å². The number of hydrogen-bond acceptors (Lipinski definition) is 9. The Morgan fingerprint density at radius 2 is 1.84 bits per heavy atom. The lowest BCUT2D eigenvalue weighted by atomic mass is 9.46. The molecule has 1 N–H and O–H groups in total. The zero-order valence-electron chi connectivity index (χ0n) is 23.0. The average molecular weight is 533 g/mol. The first-order valence-corrected chi connectivity index (χ1v) is 13.7. The standard InChI is InChI=1S/C29H40O9/c1-6-35-25(33)37-16-23(32)29(38-26(34)36-15-17(2)3)12-10-21-20-8-7-18-13-19(30)9-11-27(18,4)24(20)22(31)14-28(21,29)5/h9,11,13,17,20-22,24,31H,6-8,10,12,14-16H2,1-5H3/t20-,21-,22?,24+,27-,28-,29-/m0/s1. The molecule has 0 radical (unpaired) electrons. The van der Waals surface area contributed by atoms with Gasteiger partial charge in [0, 0.05) is 16.7 Å². The van der Waals surface area contributed by atoms with E-state index in [1.54, 1.807) is 19.1 Å². The molecule has 9 heteroatoms. The molecule has 0 bridgehead atoms. The fraction of sp³-hybridized carbons (Fsp3) is 0.724. The van der Waals surface area contributed by atoms with Crippen molar-refractivity contribution in [2.75, 3.05) is 19.8 Å². The number of ketones is 2. The van der Waals surface area contributed by atoms with E-state index in [1.165, 1.54) is 0 Å². The van der Waals surface area contributed by atoms with Crippen molar-refractivity contribution in [1.29, 1.82) is 0 Å². The van der Waals surface area contributed by atoms with E-state index < -0.39 is 47.2 Å². The van der Waals surface area contributed by atoms with Crippen LogP contribution in [0, 0.1) is 34.5 Å². The van der Waals surface area contributed by atoms with E-state index in [9.17, 15) is 24.3 Å². The topological polar surface area (TPSA) is 125 Å². The summed E-state index contributed by atoms with van der Waals surface area (Å²) in [7, 11) is 0. The molecule has 3 saturated carbocycles. The first-order valence-electron chi connectivity index (χ1n) is 13.7. The summed E-state index contributed by atoms with van der Waals surface area (Å²) in [6.45, 7) is 9.01. The Labute approximate surface area is 223 Å². The van der Waals surface area contributed by atoms with E-state index in [0.717, 1.165) is 18.4 Å². The van der Waals surface area contributed by atoms with Gasteiger partial charge in [-0.1, -0.05) is 39.3 Å². The molecule has 0 heterocycles. The molecular formula is C29H40O9. The summed E-state index contributed by atoms with van der Waals surface area (Å²) >= 11 is 0. The van der Waals surface area contributed by atoms with Gasteiger partial charge in [-0.05, 0) is 68.9 Å². The van der Waals surface area contributed by atoms with Gasteiger partial charge in [-0.2, -0.15) is 0 Å². The van der Waals surface area contributed by atoms with Crippen LogP contribution in [0.5, 0.6) is 0 Å². The molecule has 0 spiro atoms. The van der Waals surface area contributed by atoms with E-state index in [4.69, 9.17) is 18.9 Å². The van der Waals surface area contributed by atoms with Crippen molar-refractivity contribution in [3.63, 3.8) is 0 Å². The van der Waals surface area contributed by atoms with Gasteiger partial charge in [0.1, 0.15) is 0 Å². The van der Waals surface area contributed by atoms with Crippen molar-refractivity contribution >= 4 is 23.9 Å². The van der Waals surface area contributed by atoms with Gasteiger partial charge < -0.3 is 24.1 Å². The Balaban J connectivity index is 1.67. The molecule has 0 aromatic carbocycles. The quantitative estimate of drug-likeness (QED) is 0.470. The molecule has 7 atom stereocenters. The highest BCUT2D eigenvalue weighted by Crippen LogP contribution is 2.68. The lowest BCUT2D eigenvalue weighted by molar-refractivity contribution is -0.184. The van der Waals surface area contributed by atoms with Gasteiger partial charge in [0.2, 0.25) is 5.78 Å². The van der Waals surface area contributed by atoms with E-state index >= 15 is 0 Å². The number of ether oxygens (including phenoxy) is 4. The fourth-order valence-electron chi connectivity index (χ4n) is 7.80. The molecule has 210 valence electrons. The molecule has 0 saturated heterocycles. The molecule has 0 amide bonds. The third kappa shape index (κ3) is 4.67. The zero-order valence-corrected chi connectivity index (χ0v) is 23.0. The summed E-state index contributed by atoms with van der Waals surface area (Å²) in [6, 6.07) is 0. The number of carbonyl (C=O) groups excluding carboxylic acids is 4. The molecule has 0 aromatic rings. The third-order valence-electron chi connectivity index (χ3n) is 9.44. The van der Waals surface area contributed by atoms with Crippen LogP contribution in [0.3, 0.4) is 0 Å². The second-order valence-electron chi connectivity index (χ2n) is 12.0. The van der Waals surface area contributed by atoms with Crippen LogP contribution in [0.15, 0.2) is 23.8 Å². The highest BCUT2D eigenvalue weighted by molar-refractivity contribution is 6.01. The summed E-state index contributed by atoms with van der Waals surface area (Å²) in [5.74, 6) is -0.643. The Bertz CT molecular complexity index is 1040. The number of aliphatic hydroxyl groups excluding tert-OH is 1. The maximum atomic E-state index is 13.8. The summed E-state index contributed by atoms with van der Waals surface area (Å²) in [5, 5.41) is 11.7. The SMILES string of the molecule is CCOC(=O)OCC(=O)[C@@]1(OC(=O)OCC(C)C)CC[C@H]2[C@@H]3CCC4=CC(=O)C=C[C@]4(C)[C@H]3C(O)C[C@@]21C. The minimum Gasteiger partial charge on any atom is -0.435 e. The van der Waals surface area contributed by atoms with Crippen molar-refractivity contribution in [3.8, 4) is 0 Å². The first kappa shape index (κ1) is 28.3. The van der Waals surface area contributed by atoms with Gasteiger partial charge in [-0.15, -0.1) is 0 Å².